The van der Waals surface area contributed by atoms with Crippen LogP contribution in [0.2, 0.25) is 0 Å². The molecule has 2 N–H and O–H groups in total. The second kappa shape index (κ2) is 6.79. The molecule has 5 rings (SSSR count). The molecule has 2 aromatic heterocycles. The summed E-state index contributed by atoms with van der Waals surface area (Å²) in [7, 11) is 1.80. The molecule has 0 saturated carbocycles. The van der Waals surface area contributed by atoms with Crippen LogP contribution < -0.4 is 15.5 Å². The summed E-state index contributed by atoms with van der Waals surface area (Å²) in [6.45, 7) is 1.57. The number of amides is 1. The van der Waals surface area contributed by atoms with Crippen LogP contribution in [-0.4, -0.2) is 46.8 Å². The number of anilines is 4. The molecule has 3 aromatic rings. The molecule has 0 spiro atoms. The van der Waals surface area contributed by atoms with E-state index in [9.17, 15) is 4.79 Å². The van der Waals surface area contributed by atoms with Gasteiger partial charge in [-0.05, 0) is 42.7 Å². The lowest BCUT2D eigenvalue weighted by Gasteiger charge is -2.24. The largest absolute Gasteiger partial charge is 0.381 e. The van der Waals surface area contributed by atoms with Crippen LogP contribution in [0.5, 0.6) is 0 Å². The Morgan fingerprint density at radius 3 is 2.93 bits per heavy atom. The molecular weight excluding hydrogens is 356 g/mol. The Morgan fingerprint density at radius 1 is 1.21 bits per heavy atom. The molecule has 1 amide bonds. The first-order valence-electron chi connectivity index (χ1n) is 9.54. The summed E-state index contributed by atoms with van der Waals surface area (Å²) in [5.74, 6) is 1.55. The highest BCUT2D eigenvalue weighted by Crippen LogP contribution is 2.31. The lowest BCUT2D eigenvalue weighted by molar-refractivity contribution is -0.117. The SMILES string of the molecule is CN1C(=O)Cc2ccc(Nc3nc4cccc(NC5CCOCC5)n4n3)cc21.[HH]. The topological polar surface area (TPSA) is 83.8 Å². The summed E-state index contributed by atoms with van der Waals surface area (Å²) in [5.41, 5.74) is 3.60. The predicted molar refractivity (Wildman–Crippen MR) is 109 cm³/mol. The highest BCUT2D eigenvalue weighted by Gasteiger charge is 2.24. The number of fused-ring (bicyclic) bond motifs is 2. The standard InChI is InChI=1S/C20H22N6O2.H2/c1-25-16-12-15(6-5-13(16)11-19(25)27)22-20-23-18-4-2-3-17(26(18)24-20)21-14-7-9-28-10-8-14;/h2-6,12,14,21H,7-11H2,1H3,(H,22,24);1H. The normalized spacial score (nSPS) is 17.2. The Balaban J connectivity index is 0.00000205. The number of benzene rings is 1. The van der Waals surface area contributed by atoms with Gasteiger partial charge in [0.25, 0.3) is 0 Å². The number of rotatable bonds is 4. The van der Waals surface area contributed by atoms with Gasteiger partial charge < -0.3 is 20.3 Å². The van der Waals surface area contributed by atoms with Crippen LogP contribution in [0.3, 0.4) is 0 Å². The van der Waals surface area contributed by atoms with E-state index in [4.69, 9.17) is 4.74 Å². The molecule has 8 nitrogen and oxygen atoms in total. The fourth-order valence-corrected chi connectivity index (χ4v) is 3.77. The first-order valence-corrected chi connectivity index (χ1v) is 9.54. The number of nitrogens with one attached hydrogen (secondary N) is 2. The van der Waals surface area contributed by atoms with Gasteiger partial charge in [0.15, 0.2) is 5.65 Å². The van der Waals surface area contributed by atoms with Crippen molar-refractivity contribution in [1.82, 2.24) is 14.6 Å². The minimum absolute atomic E-state index is 0. The molecule has 1 fully saturated rings. The minimum atomic E-state index is 0. The van der Waals surface area contributed by atoms with Crippen molar-refractivity contribution in [3.05, 3.63) is 42.0 Å². The minimum Gasteiger partial charge on any atom is -0.381 e. The molecule has 4 heterocycles. The quantitative estimate of drug-likeness (QED) is 0.724. The van der Waals surface area contributed by atoms with Crippen LogP contribution >= 0.6 is 0 Å². The van der Waals surface area contributed by atoms with Crippen LogP contribution in [-0.2, 0) is 16.0 Å². The second-order valence-corrected chi connectivity index (χ2v) is 7.25. The maximum Gasteiger partial charge on any atom is 0.247 e. The number of aromatic nitrogens is 3. The molecular formula is C20H24N6O2. The third kappa shape index (κ3) is 3.05. The predicted octanol–water partition coefficient (Wildman–Crippen LogP) is 2.83. The van der Waals surface area contributed by atoms with Gasteiger partial charge in [0, 0.05) is 39.1 Å². The molecule has 2 aliphatic rings. The molecule has 8 heteroatoms. The molecule has 0 radical (unpaired) electrons. The van der Waals surface area contributed by atoms with Crippen LogP contribution in [0, 0.1) is 0 Å². The van der Waals surface area contributed by atoms with Gasteiger partial charge in [-0.15, -0.1) is 5.10 Å². The molecule has 146 valence electrons. The third-order valence-corrected chi connectivity index (χ3v) is 5.35. The van der Waals surface area contributed by atoms with E-state index in [-0.39, 0.29) is 7.33 Å². The lowest BCUT2D eigenvalue weighted by atomic mass is 10.1. The van der Waals surface area contributed by atoms with E-state index in [2.05, 4.69) is 20.7 Å². The number of carbonyl (C=O) groups is 1. The Morgan fingerprint density at radius 2 is 2.07 bits per heavy atom. The molecule has 0 bridgehead atoms. The number of carbonyl (C=O) groups excluding carboxylic acids is 1. The van der Waals surface area contributed by atoms with Gasteiger partial charge in [0.05, 0.1) is 6.42 Å². The zero-order chi connectivity index (χ0) is 19.1. The van der Waals surface area contributed by atoms with Gasteiger partial charge in [-0.2, -0.15) is 9.50 Å². The molecule has 1 saturated heterocycles. The van der Waals surface area contributed by atoms with Gasteiger partial charge >= 0.3 is 0 Å². The van der Waals surface area contributed by atoms with E-state index in [0.29, 0.717) is 18.4 Å². The molecule has 0 aliphatic carbocycles. The van der Waals surface area contributed by atoms with Crippen molar-refractivity contribution in [2.24, 2.45) is 0 Å². The summed E-state index contributed by atoms with van der Waals surface area (Å²) >= 11 is 0. The average Bonchev–Trinajstić information content (AvgIpc) is 3.24. The summed E-state index contributed by atoms with van der Waals surface area (Å²) in [5, 5.41) is 11.4. The van der Waals surface area contributed by atoms with E-state index in [1.807, 2.05) is 40.9 Å². The van der Waals surface area contributed by atoms with Crippen LogP contribution in [0.1, 0.15) is 19.8 Å². The monoisotopic (exact) mass is 380 g/mol. The Labute approximate surface area is 164 Å². The van der Waals surface area contributed by atoms with Gasteiger partial charge in [0.1, 0.15) is 5.82 Å². The first-order chi connectivity index (χ1) is 13.7. The lowest BCUT2D eigenvalue weighted by Crippen LogP contribution is -2.28. The van der Waals surface area contributed by atoms with Gasteiger partial charge in [-0.1, -0.05) is 12.1 Å². The Kier molecular flexibility index (Phi) is 4.12. The molecule has 0 atom stereocenters. The number of hydrogen-bond acceptors (Lipinski definition) is 6. The molecule has 1 aromatic carbocycles. The van der Waals surface area contributed by atoms with Crippen molar-refractivity contribution < 1.29 is 11.0 Å². The van der Waals surface area contributed by atoms with Crippen molar-refractivity contribution in [2.45, 2.75) is 25.3 Å². The summed E-state index contributed by atoms with van der Waals surface area (Å²) in [6, 6.07) is 12.2. The zero-order valence-electron chi connectivity index (χ0n) is 15.7. The maximum atomic E-state index is 11.9. The fourth-order valence-electron chi connectivity index (χ4n) is 3.77. The van der Waals surface area contributed by atoms with Crippen LogP contribution in [0.15, 0.2) is 36.4 Å². The van der Waals surface area contributed by atoms with E-state index in [1.165, 1.54) is 0 Å². The van der Waals surface area contributed by atoms with Crippen LogP contribution in [0.4, 0.5) is 23.1 Å². The Hall–Kier alpha value is -3.13. The summed E-state index contributed by atoms with van der Waals surface area (Å²) in [6.07, 6.45) is 2.43. The summed E-state index contributed by atoms with van der Waals surface area (Å²) in [4.78, 5) is 18.2. The van der Waals surface area contributed by atoms with Crippen molar-refractivity contribution >= 4 is 34.7 Å². The van der Waals surface area contributed by atoms with Gasteiger partial charge in [-0.3, -0.25) is 4.79 Å². The van der Waals surface area contributed by atoms with E-state index < -0.39 is 0 Å². The maximum absolute atomic E-state index is 11.9. The van der Waals surface area contributed by atoms with Crippen molar-refractivity contribution in [2.75, 3.05) is 35.8 Å². The fraction of sp³-hybridized carbons (Fsp3) is 0.350. The Bertz CT molecular complexity index is 1050. The van der Waals surface area contributed by atoms with Crippen molar-refractivity contribution in [1.29, 1.82) is 0 Å². The smallest absolute Gasteiger partial charge is 0.247 e. The number of pyridine rings is 1. The number of nitrogens with zero attached hydrogens (tertiary/aromatic N) is 4. The van der Waals surface area contributed by atoms with Crippen molar-refractivity contribution in [3.63, 3.8) is 0 Å². The zero-order valence-corrected chi connectivity index (χ0v) is 15.7. The first kappa shape index (κ1) is 17.0. The van der Waals surface area contributed by atoms with Crippen LogP contribution in [0.25, 0.3) is 5.65 Å². The third-order valence-electron chi connectivity index (χ3n) is 5.35. The van der Waals surface area contributed by atoms with E-state index >= 15 is 0 Å². The number of likely N-dealkylation sites (N-methyl/N-ethyl adjacent to an activating group) is 1. The number of hydrogen-bond donors (Lipinski definition) is 2. The van der Waals surface area contributed by atoms with E-state index in [0.717, 1.165) is 54.5 Å². The molecule has 2 aliphatic heterocycles. The highest BCUT2D eigenvalue weighted by atomic mass is 16.5. The highest BCUT2D eigenvalue weighted by molar-refractivity contribution is 6.01. The molecule has 28 heavy (non-hydrogen) atoms. The summed E-state index contributed by atoms with van der Waals surface area (Å²) < 4.78 is 7.25. The van der Waals surface area contributed by atoms with E-state index in [1.54, 1.807) is 11.9 Å². The van der Waals surface area contributed by atoms with Gasteiger partial charge in [-0.25, -0.2) is 0 Å². The average molecular weight is 380 g/mol. The molecule has 0 unspecified atom stereocenters. The number of ether oxygens (including phenoxy) is 1. The van der Waals surface area contributed by atoms with Crippen molar-refractivity contribution in [3.8, 4) is 0 Å². The second-order valence-electron chi connectivity index (χ2n) is 7.25. The van der Waals surface area contributed by atoms with Gasteiger partial charge in [0.2, 0.25) is 11.9 Å².